The summed E-state index contributed by atoms with van der Waals surface area (Å²) in [6.45, 7) is -0.191. The third-order valence-corrected chi connectivity index (χ3v) is 4.99. The summed E-state index contributed by atoms with van der Waals surface area (Å²) in [6, 6.07) is 21.6. The zero-order chi connectivity index (χ0) is 22.8. The first kappa shape index (κ1) is 23.4. The number of amides is 1. The van der Waals surface area contributed by atoms with Crippen molar-refractivity contribution >= 4 is 56.0 Å². The van der Waals surface area contributed by atoms with E-state index in [0.717, 1.165) is 14.5 Å². The number of halogens is 2. The number of nitrogens with one attached hydrogen (secondary N) is 1. The van der Waals surface area contributed by atoms with Crippen molar-refractivity contribution in [2.75, 3.05) is 6.61 Å². The number of hydrogen-bond donors (Lipinski definition) is 1. The van der Waals surface area contributed by atoms with Crippen molar-refractivity contribution in [3.8, 4) is 11.5 Å². The van der Waals surface area contributed by atoms with Crippen LogP contribution in [0, 0.1) is 0 Å². The molecule has 3 rings (SSSR count). The molecule has 0 fully saturated rings. The predicted octanol–water partition coefficient (Wildman–Crippen LogP) is 5.36. The van der Waals surface area contributed by atoms with E-state index in [4.69, 9.17) is 9.47 Å². The maximum absolute atomic E-state index is 12.2. The minimum Gasteiger partial charge on any atom is -0.484 e. The average Bonchev–Trinajstić information content (AvgIpc) is 2.80. The van der Waals surface area contributed by atoms with Crippen molar-refractivity contribution in [2.24, 2.45) is 5.10 Å². The van der Waals surface area contributed by atoms with Gasteiger partial charge in [0, 0.05) is 20.6 Å². The van der Waals surface area contributed by atoms with Crippen LogP contribution in [0.2, 0.25) is 0 Å². The number of carbonyl (C=O) groups is 2. The Labute approximate surface area is 202 Å². The van der Waals surface area contributed by atoms with E-state index in [1.165, 1.54) is 12.3 Å². The fourth-order valence-electron chi connectivity index (χ4n) is 2.47. The Morgan fingerprint density at radius 2 is 1.66 bits per heavy atom. The van der Waals surface area contributed by atoms with E-state index in [9.17, 15) is 9.59 Å². The Kier molecular flexibility index (Phi) is 8.77. The minimum atomic E-state index is -0.530. The molecule has 6 nitrogen and oxygen atoms in total. The van der Waals surface area contributed by atoms with Crippen LogP contribution in [-0.2, 0) is 9.59 Å². The lowest BCUT2D eigenvalue weighted by molar-refractivity contribution is -0.129. The molecule has 0 bridgehead atoms. The van der Waals surface area contributed by atoms with Crippen LogP contribution >= 0.6 is 31.9 Å². The van der Waals surface area contributed by atoms with Crippen LogP contribution in [0.1, 0.15) is 11.1 Å². The largest absolute Gasteiger partial charge is 0.484 e. The van der Waals surface area contributed by atoms with Gasteiger partial charge < -0.3 is 9.47 Å². The van der Waals surface area contributed by atoms with Gasteiger partial charge in [0.25, 0.3) is 5.91 Å². The van der Waals surface area contributed by atoms with Gasteiger partial charge >= 0.3 is 5.97 Å². The standard InChI is InChI=1S/C24H18Br2N2O4/c25-19-7-10-21(11-8-19)31-16-23(29)28-27-15-18-14-20(26)9-12-22(18)32-24(30)13-6-17-4-2-1-3-5-17/h1-15H,16H2,(H,28,29)/b13-6+,27-15-. The van der Waals surface area contributed by atoms with E-state index < -0.39 is 11.9 Å². The van der Waals surface area contributed by atoms with E-state index in [1.807, 2.05) is 42.5 Å². The zero-order valence-electron chi connectivity index (χ0n) is 16.7. The van der Waals surface area contributed by atoms with E-state index in [-0.39, 0.29) is 6.61 Å². The Balaban J connectivity index is 1.57. The van der Waals surface area contributed by atoms with E-state index in [1.54, 1.807) is 36.4 Å². The molecule has 0 saturated heterocycles. The second kappa shape index (κ2) is 12.0. The van der Waals surface area contributed by atoms with Crippen LogP contribution in [0.25, 0.3) is 6.08 Å². The van der Waals surface area contributed by atoms with E-state index in [0.29, 0.717) is 17.1 Å². The highest BCUT2D eigenvalue weighted by Gasteiger charge is 2.08. The molecular formula is C24H18Br2N2O4. The summed E-state index contributed by atoms with van der Waals surface area (Å²) >= 11 is 6.71. The fourth-order valence-corrected chi connectivity index (χ4v) is 3.11. The van der Waals surface area contributed by atoms with Gasteiger partial charge in [-0.2, -0.15) is 5.10 Å². The van der Waals surface area contributed by atoms with Gasteiger partial charge in [0.15, 0.2) is 6.61 Å². The SMILES string of the molecule is O=C(COc1ccc(Br)cc1)N/N=C\c1cc(Br)ccc1OC(=O)/C=C/c1ccccc1. The molecule has 0 aromatic heterocycles. The molecule has 0 aliphatic heterocycles. The summed E-state index contributed by atoms with van der Waals surface area (Å²) in [4.78, 5) is 24.2. The first-order valence-corrected chi connectivity index (χ1v) is 11.0. The molecule has 0 aliphatic carbocycles. The lowest BCUT2D eigenvalue weighted by Gasteiger charge is -2.07. The summed E-state index contributed by atoms with van der Waals surface area (Å²) in [5.74, 6) is -0.0848. The fraction of sp³-hybridized carbons (Fsp3) is 0.0417. The summed E-state index contributed by atoms with van der Waals surface area (Å²) in [5, 5.41) is 3.93. The van der Waals surface area contributed by atoms with Gasteiger partial charge in [0.2, 0.25) is 0 Å². The number of ether oxygens (including phenoxy) is 2. The van der Waals surface area contributed by atoms with Gasteiger partial charge in [-0.1, -0.05) is 62.2 Å². The summed E-state index contributed by atoms with van der Waals surface area (Å²) in [6.07, 6.45) is 4.41. The monoisotopic (exact) mass is 556 g/mol. The molecule has 0 heterocycles. The van der Waals surface area contributed by atoms with Crippen molar-refractivity contribution in [2.45, 2.75) is 0 Å². The molecule has 32 heavy (non-hydrogen) atoms. The van der Waals surface area contributed by atoms with Crippen LogP contribution < -0.4 is 14.9 Å². The summed E-state index contributed by atoms with van der Waals surface area (Å²) in [5.41, 5.74) is 3.78. The number of hydrazone groups is 1. The number of esters is 1. The topological polar surface area (TPSA) is 77.0 Å². The van der Waals surface area contributed by atoms with Crippen molar-refractivity contribution in [3.63, 3.8) is 0 Å². The quantitative estimate of drug-likeness (QED) is 0.133. The van der Waals surface area contributed by atoms with Gasteiger partial charge in [-0.05, 0) is 54.1 Å². The first-order valence-electron chi connectivity index (χ1n) is 9.44. The molecule has 1 N–H and O–H groups in total. The number of rotatable bonds is 8. The lowest BCUT2D eigenvalue weighted by Crippen LogP contribution is -2.24. The molecule has 0 aliphatic rings. The molecule has 0 unspecified atom stereocenters. The Hall–Kier alpha value is -3.23. The van der Waals surface area contributed by atoms with Gasteiger partial charge in [-0.15, -0.1) is 0 Å². The molecule has 162 valence electrons. The minimum absolute atomic E-state index is 0.191. The molecule has 3 aromatic rings. The summed E-state index contributed by atoms with van der Waals surface area (Å²) < 4.78 is 12.5. The third-order valence-electron chi connectivity index (χ3n) is 3.97. The molecule has 0 saturated carbocycles. The highest BCUT2D eigenvalue weighted by Crippen LogP contribution is 2.22. The number of carbonyl (C=O) groups excluding carboxylic acids is 2. The average molecular weight is 558 g/mol. The normalized spacial score (nSPS) is 10.9. The smallest absolute Gasteiger partial charge is 0.336 e. The van der Waals surface area contributed by atoms with Gasteiger partial charge in [0.05, 0.1) is 6.21 Å². The van der Waals surface area contributed by atoms with Gasteiger partial charge in [-0.3, -0.25) is 4.79 Å². The van der Waals surface area contributed by atoms with Crippen LogP contribution in [-0.4, -0.2) is 24.7 Å². The van der Waals surface area contributed by atoms with Gasteiger partial charge in [-0.25, -0.2) is 10.2 Å². The molecule has 8 heteroatoms. The van der Waals surface area contributed by atoms with Crippen molar-refractivity contribution in [1.29, 1.82) is 0 Å². The second-order valence-electron chi connectivity index (χ2n) is 6.38. The molecule has 0 atom stereocenters. The van der Waals surface area contributed by atoms with Crippen LogP contribution in [0.15, 0.2) is 92.9 Å². The maximum atomic E-state index is 12.2. The maximum Gasteiger partial charge on any atom is 0.336 e. The Morgan fingerprint density at radius 3 is 2.41 bits per heavy atom. The van der Waals surface area contributed by atoms with Gasteiger partial charge in [0.1, 0.15) is 11.5 Å². The molecule has 3 aromatic carbocycles. The van der Waals surface area contributed by atoms with Crippen LogP contribution in [0.4, 0.5) is 0 Å². The molecular weight excluding hydrogens is 540 g/mol. The van der Waals surface area contributed by atoms with Crippen LogP contribution in [0.5, 0.6) is 11.5 Å². The molecule has 0 spiro atoms. The number of benzene rings is 3. The van der Waals surface area contributed by atoms with Crippen LogP contribution in [0.3, 0.4) is 0 Å². The predicted molar refractivity (Wildman–Crippen MR) is 131 cm³/mol. The lowest BCUT2D eigenvalue weighted by atomic mass is 10.2. The van der Waals surface area contributed by atoms with E-state index in [2.05, 4.69) is 42.4 Å². The highest BCUT2D eigenvalue weighted by atomic mass is 79.9. The van der Waals surface area contributed by atoms with E-state index >= 15 is 0 Å². The molecule has 1 amide bonds. The summed E-state index contributed by atoms with van der Waals surface area (Å²) in [7, 11) is 0. The second-order valence-corrected chi connectivity index (χ2v) is 8.21. The Bertz CT molecular complexity index is 1130. The first-order chi connectivity index (χ1) is 15.5. The van der Waals surface area contributed by atoms with Crippen molar-refractivity contribution < 1.29 is 19.1 Å². The number of nitrogens with zero attached hydrogens (tertiary/aromatic N) is 1. The highest BCUT2D eigenvalue weighted by molar-refractivity contribution is 9.10. The van der Waals surface area contributed by atoms with Crippen molar-refractivity contribution in [3.05, 3.63) is 98.9 Å². The number of hydrogen-bond acceptors (Lipinski definition) is 5. The third kappa shape index (κ3) is 7.79. The Morgan fingerprint density at radius 1 is 0.938 bits per heavy atom. The zero-order valence-corrected chi connectivity index (χ0v) is 19.9. The van der Waals surface area contributed by atoms with Crippen molar-refractivity contribution in [1.82, 2.24) is 5.43 Å². The molecule has 0 radical (unpaired) electrons.